The zero-order valence-electron chi connectivity index (χ0n) is 10.9. The van der Waals surface area contributed by atoms with E-state index in [0.717, 1.165) is 5.56 Å². The van der Waals surface area contributed by atoms with E-state index >= 15 is 0 Å². The monoisotopic (exact) mass is 275 g/mol. The molecule has 2 aromatic carbocycles. The summed E-state index contributed by atoms with van der Waals surface area (Å²) in [7, 11) is 0. The fourth-order valence-corrected chi connectivity index (χ4v) is 2.58. The van der Waals surface area contributed by atoms with Gasteiger partial charge < -0.3 is 4.52 Å². The summed E-state index contributed by atoms with van der Waals surface area (Å²) in [5.41, 5.74) is 1.85. The first-order valence-electron chi connectivity index (χ1n) is 6.51. The molecule has 0 saturated carbocycles. The van der Waals surface area contributed by atoms with Crippen LogP contribution in [0, 0.1) is 0 Å². The number of rotatable bonds is 1. The number of hydrogen-bond acceptors (Lipinski definition) is 4. The summed E-state index contributed by atoms with van der Waals surface area (Å²) in [5, 5.41) is 3.82. The van der Waals surface area contributed by atoms with Crippen LogP contribution in [0.2, 0.25) is 0 Å². The van der Waals surface area contributed by atoms with Crippen LogP contribution in [0.25, 0.3) is 11.3 Å². The summed E-state index contributed by atoms with van der Waals surface area (Å²) < 4.78 is 5.28. The first-order valence-corrected chi connectivity index (χ1v) is 6.51. The summed E-state index contributed by atoms with van der Waals surface area (Å²) in [6.45, 7) is 0. The zero-order chi connectivity index (χ0) is 14.4. The zero-order valence-corrected chi connectivity index (χ0v) is 10.9. The topological polar surface area (TPSA) is 60.2 Å². The van der Waals surface area contributed by atoms with Gasteiger partial charge in [0.2, 0.25) is 5.78 Å². The van der Waals surface area contributed by atoms with Crippen LogP contribution in [0.4, 0.5) is 0 Å². The number of nitrogens with zero attached hydrogens (tertiary/aromatic N) is 1. The van der Waals surface area contributed by atoms with E-state index in [2.05, 4.69) is 5.16 Å². The van der Waals surface area contributed by atoms with E-state index < -0.39 is 0 Å². The maximum absolute atomic E-state index is 12.7. The van der Waals surface area contributed by atoms with Crippen LogP contribution in [0.1, 0.15) is 32.0 Å². The molecule has 0 spiro atoms. The predicted octanol–water partition coefficient (Wildman–Crippen LogP) is 3.12. The van der Waals surface area contributed by atoms with Crippen molar-refractivity contribution in [2.75, 3.05) is 0 Å². The first-order chi connectivity index (χ1) is 10.3. The van der Waals surface area contributed by atoms with Crippen LogP contribution < -0.4 is 0 Å². The van der Waals surface area contributed by atoms with E-state index in [1.165, 1.54) is 0 Å². The maximum Gasteiger partial charge on any atom is 0.216 e. The van der Waals surface area contributed by atoms with Crippen molar-refractivity contribution in [2.45, 2.75) is 0 Å². The molecule has 0 N–H and O–H groups in total. The van der Waals surface area contributed by atoms with Gasteiger partial charge in [0.15, 0.2) is 17.2 Å². The Morgan fingerprint density at radius 2 is 1.38 bits per heavy atom. The van der Waals surface area contributed by atoms with E-state index in [1.54, 1.807) is 24.3 Å². The summed E-state index contributed by atoms with van der Waals surface area (Å²) >= 11 is 0. The fraction of sp³-hybridized carbons (Fsp3) is 0. The molecule has 1 aromatic heterocycles. The average Bonchev–Trinajstić information content (AvgIpc) is 2.99. The third-order valence-electron chi connectivity index (χ3n) is 3.59. The van der Waals surface area contributed by atoms with E-state index in [-0.39, 0.29) is 22.8 Å². The lowest BCUT2D eigenvalue weighted by molar-refractivity contribution is 0.0976. The molecule has 100 valence electrons. The van der Waals surface area contributed by atoms with Gasteiger partial charge in [0.05, 0.1) is 0 Å². The molecule has 21 heavy (non-hydrogen) atoms. The molecule has 0 amide bonds. The SMILES string of the molecule is O=C1c2ccccc2C(=O)c2c1noc2-c1ccccc1. The molecule has 0 fully saturated rings. The van der Waals surface area contributed by atoms with Gasteiger partial charge >= 0.3 is 0 Å². The van der Waals surface area contributed by atoms with E-state index in [1.807, 2.05) is 30.3 Å². The molecule has 0 atom stereocenters. The number of hydrogen-bond donors (Lipinski definition) is 0. The number of ketones is 2. The molecule has 1 aliphatic carbocycles. The third-order valence-corrected chi connectivity index (χ3v) is 3.59. The van der Waals surface area contributed by atoms with Gasteiger partial charge in [-0.3, -0.25) is 9.59 Å². The minimum absolute atomic E-state index is 0.0950. The summed E-state index contributed by atoms with van der Waals surface area (Å²) in [6.07, 6.45) is 0. The highest BCUT2D eigenvalue weighted by atomic mass is 16.5. The highest BCUT2D eigenvalue weighted by Crippen LogP contribution is 2.34. The highest BCUT2D eigenvalue weighted by molar-refractivity contribution is 6.29. The summed E-state index contributed by atoms with van der Waals surface area (Å²) in [4.78, 5) is 25.1. The molecule has 0 aliphatic heterocycles. The van der Waals surface area contributed by atoms with Crippen molar-refractivity contribution in [3.63, 3.8) is 0 Å². The average molecular weight is 275 g/mol. The van der Waals surface area contributed by atoms with Crippen molar-refractivity contribution < 1.29 is 14.1 Å². The lowest BCUT2D eigenvalue weighted by atomic mass is 9.86. The Bertz CT molecular complexity index is 878. The molecule has 4 heteroatoms. The Morgan fingerprint density at radius 1 is 0.762 bits per heavy atom. The van der Waals surface area contributed by atoms with Gasteiger partial charge in [-0.15, -0.1) is 0 Å². The van der Waals surface area contributed by atoms with Crippen molar-refractivity contribution >= 4 is 11.6 Å². The fourth-order valence-electron chi connectivity index (χ4n) is 2.58. The van der Waals surface area contributed by atoms with E-state index in [0.29, 0.717) is 16.9 Å². The summed E-state index contributed by atoms with van der Waals surface area (Å²) in [5.74, 6) is -0.148. The minimum atomic E-state index is -0.272. The van der Waals surface area contributed by atoms with Gasteiger partial charge in [0, 0.05) is 16.7 Å². The molecule has 3 aromatic rings. The molecule has 0 radical (unpaired) electrons. The quantitative estimate of drug-likeness (QED) is 0.535. The largest absolute Gasteiger partial charge is 0.355 e. The first kappa shape index (κ1) is 11.8. The van der Waals surface area contributed by atoms with Crippen molar-refractivity contribution in [2.24, 2.45) is 0 Å². The predicted molar refractivity (Wildman–Crippen MR) is 75.2 cm³/mol. The Labute approximate surface area is 120 Å². The second kappa shape index (κ2) is 4.24. The number of carbonyl (C=O) groups is 2. The molecule has 1 heterocycles. The molecule has 1 aliphatic rings. The number of aromatic nitrogens is 1. The minimum Gasteiger partial charge on any atom is -0.355 e. The molecule has 0 unspecified atom stereocenters. The van der Waals surface area contributed by atoms with Crippen LogP contribution in [-0.4, -0.2) is 16.7 Å². The smallest absolute Gasteiger partial charge is 0.216 e. The molecular formula is C17H9NO3. The second-order valence-corrected chi connectivity index (χ2v) is 4.81. The van der Waals surface area contributed by atoms with Crippen LogP contribution in [0.3, 0.4) is 0 Å². The van der Waals surface area contributed by atoms with E-state index in [4.69, 9.17) is 4.52 Å². The van der Waals surface area contributed by atoms with Gasteiger partial charge in [-0.1, -0.05) is 59.8 Å². The Morgan fingerprint density at radius 3 is 2.10 bits per heavy atom. The third kappa shape index (κ3) is 1.59. The van der Waals surface area contributed by atoms with Gasteiger partial charge in [-0.2, -0.15) is 0 Å². The van der Waals surface area contributed by atoms with Crippen molar-refractivity contribution in [1.29, 1.82) is 0 Å². The van der Waals surface area contributed by atoms with Crippen LogP contribution in [0.15, 0.2) is 59.1 Å². The molecule has 0 saturated heterocycles. The normalized spacial score (nSPS) is 13.0. The molecule has 0 bridgehead atoms. The van der Waals surface area contributed by atoms with Gasteiger partial charge in [0.25, 0.3) is 0 Å². The molecular weight excluding hydrogens is 266 g/mol. The lowest BCUT2D eigenvalue weighted by Crippen LogP contribution is -2.20. The van der Waals surface area contributed by atoms with Crippen molar-refractivity contribution in [3.8, 4) is 11.3 Å². The number of benzene rings is 2. The summed E-state index contributed by atoms with van der Waals surface area (Å²) in [6, 6.07) is 15.9. The standard InChI is InChI=1S/C17H9NO3/c19-15-11-8-4-5-9-12(11)16(20)14-13(15)17(21-18-14)10-6-2-1-3-7-10/h1-9H. The van der Waals surface area contributed by atoms with Crippen molar-refractivity contribution in [1.82, 2.24) is 5.16 Å². The maximum atomic E-state index is 12.7. The van der Waals surface area contributed by atoms with Crippen molar-refractivity contribution in [3.05, 3.63) is 77.0 Å². The van der Waals surface area contributed by atoms with E-state index in [9.17, 15) is 9.59 Å². The Kier molecular flexibility index (Phi) is 2.38. The van der Waals surface area contributed by atoms with Crippen LogP contribution >= 0.6 is 0 Å². The number of fused-ring (bicyclic) bond motifs is 2. The van der Waals surface area contributed by atoms with Crippen LogP contribution in [-0.2, 0) is 0 Å². The lowest BCUT2D eigenvalue weighted by Gasteiger charge is -2.12. The molecule has 4 rings (SSSR count). The number of carbonyl (C=O) groups excluding carboxylic acids is 2. The van der Waals surface area contributed by atoms with Gasteiger partial charge in [-0.05, 0) is 0 Å². The second-order valence-electron chi connectivity index (χ2n) is 4.81. The van der Waals surface area contributed by atoms with Crippen LogP contribution in [0.5, 0.6) is 0 Å². The Hall–Kier alpha value is -3.01. The van der Waals surface area contributed by atoms with Gasteiger partial charge in [0.1, 0.15) is 5.56 Å². The molecule has 4 nitrogen and oxygen atoms in total. The highest BCUT2D eigenvalue weighted by Gasteiger charge is 2.36. The Balaban J connectivity index is 1.98. The van der Waals surface area contributed by atoms with Gasteiger partial charge in [-0.25, -0.2) is 0 Å².